The van der Waals surface area contributed by atoms with Gasteiger partial charge in [-0.1, -0.05) is 6.92 Å². The fourth-order valence-corrected chi connectivity index (χ4v) is 3.30. The van der Waals surface area contributed by atoms with Gasteiger partial charge in [0.05, 0.1) is 4.47 Å². The van der Waals surface area contributed by atoms with Crippen LogP contribution in [-0.4, -0.2) is 12.6 Å². The van der Waals surface area contributed by atoms with Crippen LogP contribution in [0.2, 0.25) is 0 Å². The lowest BCUT2D eigenvalue weighted by Gasteiger charge is -2.31. The molecule has 1 aromatic carbocycles. The van der Waals surface area contributed by atoms with E-state index in [1.54, 1.807) is 0 Å². The quantitative estimate of drug-likeness (QED) is 0.753. The molecule has 1 atom stereocenters. The van der Waals surface area contributed by atoms with Crippen LogP contribution in [0, 0.1) is 23.0 Å². The van der Waals surface area contributed by atoms with Crippen LogP contribution in [0.4, 0.5) is 8.78 Å². The average molecular weight is 344 g/mol. The van der Waals surface area contributed by atoms with Crippen molar-refractivity contribution in [2.45, 2.75) is 45.1 Å². The largest absolute Gasteiger partial charge is 0.313 e. The molecule has 0 aliphatic heterocycles. The first kappa shape index (κ1) is 14.5. The summed E-state index contributed by atoms with van der Waals surface area (Å²) >= 11 is 3.16. The van der Waals surface area contributed by atoms with E-state index in [-0.39, 0.29) is 11.0 Å². The van der Waals surface area contributed by atoms with E-state index in [1.165, 1.54) is 37.8 Å². The molecule has 0 amide bonds. The molecule has 4 heteroatoms. The van der Waals surface area contributed by atoms with Crippen molar-refractivity contribution in [1.29, 1.82) is 0 Å². The first-order chi connectivity index (χ1) is 9.49. The van der Waals surface area contributed by atoms with Gasteiger partial charge in [0, 0.05) is 18.2 Å². The molecule has 1 nitrogen and oxygen atoms in total. The third-order valence-electron chi connectivity index (χ3n) is 4.65. The van der Waals surface area contributed by atoms with Crippen molar-refractivity contribution in [3.8, 4) is 0 Å². The highest BCUT2D eigenvalue weighted by Crippen LogP contribution is 2.48. The second-order valence-electron chi connectivity index (χ2n) is 6.58. The molecule has 0 saturated heterocycles. The van der Waals surface area contributed by atoms with Crippen molar-refractivity contribution in [2.24, 2.45) is 11.3 Å². The number of hydrogen-bond acceptors (Lipinski definition) is 1. The Hall–Kier alpha value is -0.480. The van der Waals surface area contributed by atoms with Gasteiger partial charge in [-0.3, -0.25) is 0 Å². The van der Waals surface area contributed by atoms with Gasteiger partial charge in [0.15, 0.2) is 0 Å². The Balaban J connectivity index is 1.80. The van der Waals surface area contributed by atoms with Gasteiger partial charge in [0.25, 0.3) is 0 Å². The fourth-order valence-electron chi connectivity index (χ4n) is 2.93. The Morgan fingerprint density at radius 2 is 1.95 bits per heavy atom. The van der Waals surface area contributed by atoms with Crippen molar-refractivity contribution >= 4 is 15.9 Å². The minimum absolute atomic E-state index is 0.0505. The molecule has 2 saturated carbocycles. The van der Waals surface area contributed by atoms with Gasteiger partial charge < -0.3 is 5.32 Å². The Bertz CT molecular complexity index is 511. The summed E-state index contributed by atoms with van der Waals surface area (Å²) in [6.45, 7) is 3.02. The van der Waals surface area contributed by atoms with Crippen LogP contribution in [0.3, 0.4) is 0 Å². The molecule has 1 N–H and O–H groups in total. The Labute approximate surface area is 127 Å². The molecule has 20 heavy (non-hydrogen) atoms. The zero-order valence-corrected chi connectivity index (χ0v) is 13.3. The summed E-state index contributed by atoms with van der Waals surface area (Å²) in [6, 6.07) is 3.42. The van der Waals surface area contributed by atoms with Crippen molar-refractivity contribution in [2.75, 3.05) is 6.54 Å². The lowest BCUT2D eigenvalue weighted by molar-refractivity contribution is 0.248. The molecule has 1 unspecified atom stereocenters. The van der Waals surface area contributed by atoms with E-state index >= 15 is 0 Å². The van der Waals surface area contributed by atoms with Gasteiger partial charge in [-0.2, -0.15) is 0 Å². The average Bonchev–Trinajstić information content (AvgIpc) is 3.29. The van der Waals surface area contributed by atoms with Gasteiger partial charge >= 0.3 is 0 Å². The number of rotatable bonds is 6. The second-order valence-corrected chi connectivity index (χ2v) is 7.44. The molecular weight excluding hydrogens is 324 g/mol. The molecule has 0 heterocycles. The van der Waals surface area contributed by atoms with E-state index < -0.39 is 11.6 Å². The topological polar surface area (TPSA) is 12.0 Å². The summed E-state index contributed by atoms with van der Waals surface area (Å²) in [7, 11) is 0. The van der Waals surface area contributed by atoms with Crippen molar-refractivity contribution in [1.82, 2.24) is 5.32 Å². The monoisotopic (exact) mass is 343 g/mol. The zero-order valence-electron chi connectivity index (χ0n) is 11.7. The summed E-state index contributed by atoms with van der Waals surface area (Å²) in [5.74, 6) is -0.279. The standard InChI is InChI=1S/C16H20BrF2N/c1-16(10-2-3-10,9-20-11-4-5-11)8-12-14(18)7-6-13(17)15(12)19/h6-7,10-11,20H,2-5,8-9H2,1H3. The summed E-state index contributed by atoms with van der Waals surface area (Å²) < 4.78 is 28.5. The molecule has 0 radical (unpaired) electrons. The van der Waals surface area contributed by atoms with E-state index in [9.17, 15) is 8.78 Å². The molecule has 3 rings (SSSR count). The van der Waals surface area contributed by atoms with E-state index in [2.05, 4.69) is 28.2 Å². The Morgan fingerprint density at radius 3 is 2.55 bits per heavy atom. The molecule has 2 aliphatic rings. The zero-order chi connectivity index (χ0) is 14.3. The highest BCUT2D eigenvalue weighted by Gasteiger charge is 2.43. The maximum absolute atomic E-state index is 14.2. The second kappa shape index (κ2) is 5.38. The lowest BCUT2D eigenvalue weighted by Crippen LogP contribution is -2.37. The first-order valence-electron chi connectivity index (χ1n) is 7.35. The van der Waals surface area contributed by atoms with Crippen molar-refractivity contribution in [3.63, 3.8) is 0 Å². The highest BCUT2D eigenvalue weighted by atomic mass is 79.9. The minimum atomic E-state index is -0.441. The van der Waals surface area contributed by atoms with Gasteiger partial charge in [0.2, 0.25) is 0 Å². The minimum Gasteiger partial charge on any atom is -0.313 e. The SMILES string of the molecule is CC(CNC1CC1)(Cc1c(F)ccc(Br)c1F)C1CC1. The van der Waals surface area contributed by atoms with Crippen LogP contribution in [-0.2, 0) is 6.42 Å². The molecule has 110 valence electrons. The lowest BCUT2D eigenvalue weighted by atomic mass is 9.78. The van der Waals surface area contributed by atoms with Crippen LogP contribution in [0.5, 0.6) is 0 Å². The molecule has 0 spiro atoms. The van der Waals surface area contributed by atoms with Gasteiger partial charge in [-0.15, -0.1) is 0 Å². The third-order valence-corrected chi connectivity index (χ3v) is 5.27. The predicted octanol–water partition coefficient (Wildman–Crippen LogP) is 4.44. The van der Waals surface area contributed by atoms with Crippen LogP contribution in [0.25, 0.3) is 0 Å². The molecule has 0 aromatic heterocycles. The molecule has 0 bridgehead atoms. The molecular formula is C16H20BrF2N. The summed E-state index contributed by atoms with van der Waals surface area (Å²) in [6.07, 6.45) is 5.30. The summed E-state index contributed by atoms with van der Waals surface area (Å²) in [5.41, 5.74) is 0.178. The smallest absolute Gasteiger partial charge is 0.143 e. The molecule has 1 aromatic rings. The van der Waals surface area contributed by atoms with Crippen LogP contribution < -0.4 is 5.32 Å². The predicted molar refractivity (Wildman–Crippen MR) is 79.6 cm³/mol. The maximum Gasteiger partial charge on any atom is 0.143 e. The first-order valence-corrected chi connectivity index (χ1v) is 8.15. The van der Waals surface area contributed by atoms with Gasteiger partial charge in [-0.25, -0.2) is 8.78 Å². The number of benzene rings is 1. The summed E-state index contributed by atoms with van der Waals surface area (Å²) in [4.78, 5) is 0. The van der Waals surface area contributed by atoms with Crippen LogP contribution in [0.1, 0.15) is 38.2 Å². The van der Waals surface area contributed by atoms with Crippen molar-refractivity contribution in [3.05, 3.63) is 33.8 Å². The van der Waals surface area contributed by atoms with E-state index in [0.29, 0.717) is 22.9 Å². The fraction of sp³-hybridized carbons (Fsp3) is 0.625. The third kappa shape index (κ3) is 3.06. The van der Waals surface area contributed by atoms with Gasteiger partial charge in [-0.05, 0) is 71.5 Å². The molecule has 2 aliphatic carbocycles. The van der Waals surface area contributed by atoms with Crippen LogP contribution >= 0.6 is 15.9 Å². The van der Waals surface area contributed by atoms with Gasteiger partial charge in [0.1, 0.15) is 11.6 Å². The number of nitrogens with one attached hydrogen (secondary N) is 1. The summed E-state index contributed by atoms with van der Waals surface area (Å²) in [5, 5.41) is 3.54. The maximum atomic E-state index is 14.2. The highest BCUT2D eigenvalue weighted by molar-refractivity contribution is 9.10. The normalized spacial score (nSPS) is 21.8. The Morgan fingerprint density at radius 1 is 1.25 bits per heavy atom. The number of halogens is 3. The Kier molecular flexibility index (Phi) is 3.89. The van der Waals surface area contributed by atoms with E-state index in [4.69, 9.17) is 0 Å². The molecule has 2 fully saturated rings. The van der Waals surface area contributed by atoms with E-state index in [1.807, 2.05) is 0 Å². The van der Waals surface area contributed by atoms with Crippen molar-refractivity contribution < 1.29 is 8.78 Å². The van der Waals surface area contributed by atoms with E-state index in [0.717, 1.165) is 6.54 Å². The van der Waals surface area contributed by atoms with Crippen LogP contribution in [0.15, 0.2) is 16.6 Å². The number of hydrogen-bond donors (Lipinski definition) is 1.